The Morgan fingerprint density at radius 3 is 2.76 bits per heavy atom. The van der Waals surface area contributed by atoms with E-state index in [1.807, 2.05) is 19.1 Å². The molecule has 0 bridgehead atoms. The van der Waals surface area contributed by atoms with Crippen molar-refractivity contribution < 1.29 is 28.9 Å². The number of β-amino-alcohol motifs (C(OH)–C–C–N with tert-alkyl or cyclic N) is 1. The van der Waals surface area contributed by atoms with Gasteiger partial charge in [-0.05, 0) is 43.0 Å². The normalized spacial score (nSPS) is 20.9. The number of morpholine rings is 1. The third-order valence-corrected chi connectivity index (χ3v) is 7.23. The molecule has 1 atom stereocenters. The van der Waals surface area contributed by atoms with Gasteiger partial charge in [-0.3, -0.25) is 4.79 Å². The first-order valence-electron chi connectivity index (χ1n) is 11.6. The van der Waals surface area contributed by atoms with Gasteiger partial charge in [0.2, 0.25) is 5.88 Å². The molecule has 9 nitrogen and oxygen atoms in total. The molecule has 0 radical (unpaired) electrons. The summed E-state index contributed by atoms with van der Waals surface area (Å²) in [4.78, 5) is 33.3. The lowest BCUT2D eigenvalue weighted by Gasteiger charge is -2.46. The lowest BCUT2D eigenvalue weighted by atomic mass is 9.87. The van der Waals surface area contributed by atoms with Crippen LogP contribution in [0.2, 0.25) is 0 Å². The number of piperidine rings is 1. The van der Waals surface area contributed by atoms with Gasteiger partial charge >= 0.3 is 5.97 Å². The third kappa shape index (κ3) is 3.93. The van der Waals surface area contributed by atoms with Crippen molar-refractivity contribution >= 4 is 17.6 Å². The number of pyridine rings is 1. The van der Waals surface area contributed by atoms with Crippen LogP contribution in [0.3, 0.4) is 0 Å². The highest BCUT2D eigenvalue weighted by molar-refractivity contribution is 6.00. The zero-order valence-corrected chi connectivity index (χ0v) is 19.5. The summed E-state index contributed by atoms with van der Waals surface area (Å²) in [5, 5.41) is 11.0. The third-order valence-electron chi connectivity index (χ3n) is 7.23. The maximum absolute atomic E-state index is 13.5. The number of anilines is 1. The van der Waals surface area contributed by atoms with Crippen molar-refractivity contribution in [3.63, 3.8) is 0 Å². The number of hydrogen-bond acceptors (Lipinski definition) is 8. The van der Waals surface area contributed by atoms with Gasteiger partial charge in [-0.15, -0.1) is 0 Å². The van der Waals surface area contributed by atoms with E-state index in [9.17, 15) is 14.7 Å². The average Bonchev–Trinajstić information content (AvgIpc) is 3.24. The largest absolute Gasteiger partial charge is 0.481 e. The standard InChI is InChI=1S/C25H29N3O6/c1-16-18(3-4-19-20(16)15-33-23(19)30)21(29)14-27-9-6-25(7-10-27)24(31)28(11-12-34-25)17-5-8-26-22(13-17)32-2/h3-5,8,13,21,29H,6-7,9-12,14-15H2,1-2H3. The van der Waals surface area contributed by atoms with Crippen LogP contribution in [0, 0.1) is 6.92 Å². The molecular weight excluding hydrogens is 438 g/mol. The minimum Gasteiger partial charge on any atom is -0.481 e. The number of aliphatic hydroxyl groups is 1. The van der Waals surface area contributed by atoms with Crippen molar-refractivity contribution in [1.29, 1.82) is 0 Å². The van der Waals surface area contributed by atoms with Gasteiger partial charge in [0.15, 0.2) is 0 Å². The van der Waals surface area contributed by atoms with E-state index in [4.69, 9.17) is 14.2 Å². The fourth-order valence-corrected chi connectivity index (χ4v) is 5.19. The van der Waals surface area contributed by atoms with E-state index < -0.39 is 11.7 Å². The number of benzene rings is 1. The van der Waals surface area contributed by atoms with Crippen molar-refractivity contribution in [1.82, 2.24) is 9.88 Å². The number of amides is 1. The van der Waals surface area contributed by atoms with Crippen LogP contribution in [0.4, 0.5) is 5.69 Å². The molecule has 2 aromatic rings. The number of esters is 1. The number of nitrogens with zero attached hydrogens (tertiary/aromatic N) is 3. The molecule has 1 aromatic carbocycles. The van der Waals surface area contributed by atoms with E-state index >= 15 is 0 Å². The monoisotopic (exact) mass is 467 g/mol. The molecule has 1 spiro atoms. The minimum atomic E-state index is -0.850. The van der Waals surface area contributed by atoms with Gasteiger partial charge in [0.05, 0.1) is 31.1 Å². The molecule has 0 saturated carbocycles. The van der Waals surface area contributed by atoms with E-state index in [1.165, 1.54) is 0 Å². The van der Waals surface area contributed by atoms with Crippen LogP contribution in [0.25, 0.3) is 0 Å². The molecule has 2 fully saturated rings. The molecule has 0 aliphatic carbocycles. The Bertz CT molecular complexity index is 1110. The number of fused-ring (bicyclic) bond motifs is 1. The van der Waals surface area contributed by atoms with Gasteiger partial charge in [-0.1, -0.05) is 6.07 Å². The Kier molecular flexibility index (Phi) is 6.01. The predicted octanol–water partition coefficient (Wildman–Crippen LogP) is 2.00. The number of likely N-dealkylation sites (tertiary alicyclic amines) is 1. The lowest BCUT2D eigenvalue weighted by Crippen LogP contribution is -2.61. The zero-order chi connectivity index (χ0) is 23.9. The average molecular weight is 468 g/mol. The van der Waals surface area contributed by atoms with Crippen molar-refractivity contribution in [3.8, 4) is 5.88 Å². The first kappa shape index (κ1) is 22.8. The van der Waals surface area contributed by atoms with E-state index in [-0.39, 0.29) is 18.5 Å². The molecule has 4 heterocycles. The summed E-state index contributed by atoms with van der Waals surface area (Å²) in [5.74, 6) is 0.121. The van der Waals surface area contributed by atoms with Gasteiger partial charge in [-0.2, -0.15) is 0 Å². The molecule has 2 saturated heterocycles. The molecule has 1 N–H and O–H groups in total. The van der Waals surface area contributed by atoms with E-state index in [1.54, 1.807) is 30.3 Å². The van der Waals surface area contributed by atoms with Gasteiger partial charge in [0, 0.05) is 44.0 Å². The second kappa shape index (κ2) is 8.98. The van der Waals surface area contributed by atoms with Gasteiger partial charge in [0.1, 0.15) is 12.2 Å². The molecular formula is C25H29N3O6. The first-order valence-corrected chi connectivity index (χ1v) is 11.6. The summed E-state index contributed by atoms with van der Waals surface area (Å²) in [5.41, 5.74) is 3.05. The fourth-order valence-electron chi connectivity index (χ4n) is 5.19. The van der Waals surface area contributed by atoms with Crippen LogP contribution in [0.15, 0.2) is 30.5 Å². The van der Waals surface area contributed by atoms with Gasteiger partial charge < -0.3 is 29.1 Å². The molecule has 5 rings (SSSR count). The summed E-state index contributed by atoms with van der Waals surface area (Å²) in [6, 6.07) is 7.12. The van der Waals surface area contributed by atoms with Crippen LogP contribution < -0.4 is 9.64 Å². The molecule has 34 heavy (non-hydrogen) atoms. The molecule has 1 amide bonds. The highest BCUT2D eigenvalue weighted by Crippen LogP contribution is 2.35. The summed E-state index contributed by atoms with van der Waals surface area (Å²) in [7, 11) is 1.55. The van der Waals surface area contributed by atoms with E-state index in [0.29, 0.717) is 57.1 Å². The SMILES string of the molecule is COc1cc(N2CCOC3(CCN(CC(O)c4ccc5c(c4C)COC5=O)CC3)C2=O)ccn1. The lowest BCUT2D eigenvalue weighted by molar-refractivity contribution is -0.158. The second-order valence-corrected chi connectivity index (χ2v) is 9.05. The number of carbonyl (C=O) groups is 2. The second-order valence-electron chi connectivity index (χ2n) is 9.05. The zero-order valence-electron chi connectivity index (χ0n) is 19.5. The van der Waals surface area contributed by atoms with Crippen molar-refractivity contribution in [3.05, 3.63) is 52.7 Å². The van der Waals surface area contributed by atoms with Crippen LogP contribution in [-0.2, 0) is 20.9 Å². The van der Waals surface area contributed by atoms with Crippen LogP contribution in [-0.4, -0.2) is 72.4 Å². The first-order chi connectivity index (χ1) is 16.4. The van der Waals surface area contributed by atoms with Crippen molar-refractivity contribution in [2.45, 2.75) is 38.1 Å². The number of carbonyl (C=O) groups excluding carboxylic acids is 2. The summed E-state index contributed by atoms with van der Waals surface area (Å²) in [6.45, 7) is 4.86. The Morgan fingerprint density at radius 2 is 2.00 bits per heavy atom. The fraction of sp³-hybridized carbons (Fsp3) is 0.480. The number of hydrogen-bond donors (Lipinski definition) is 1. The Labute approximate surface area is 198 Å². The van der Waals surface area contributed by atoms with Crippen LogP contribution in [0.1, 0.15) is 46.0 Å². The van der Waals surface area contributed by atoms with Crippen molar-refractivity contribution in [2.24, 2.45) is 0 Å². The molecule has 1 unspecified atom stereocenters. The quantitative estimate of drug-likeness (QED) is 0.667. The van der Waals surface area contributed by atoms with E-state index in [2.05, 4.69) is 9.88 Å². The van der Waals surface area contributed by atoms with Gasteiger partial charge in [-0.25, -0.2) is 9.78 Å². The predicted molar refractivity (Wildman–Crippen MR) is 123 cm³/mol. The Balaban J connectivity index is 1.24. The van der Waals surface area contributed by atoms with E-state index in [0.717, 1.165) is 22.4 Å². The molecule has 9 heteroatoms. The highest BCUT2D eigenvalue weighted by Gasteiger charge is 2.47. The summed E-state index contributed by atoms with van der Waals surface area (Å²) >= 11 is 0. The number of rotatable bonds is 5. The van der Waals surface area contributed by atoms with Crippen molar-refractivity contribution in [2.75, 3.05) is 44.8 Å². The highest BCUT2D eigenvalue weighted by atomic mass is 16.5. The Morgan fingerprint density at radius 1 is 1.21 bits per heavy atom. The topological polar surface area (TPSA) is 101 Å². The number of cyclic esters (lactones) is 1. The Hall–Kier alpha value is -3.01. The van der Waals surface area contributed by atoms with Crippen LogP contribution in [0.5, 0.6) is 5.88 Å². The number of ether oxygens (including phenoxy) is 3. The number of aromatic nitrogens is 1. The molecule has 1 aromatic heterocycles. The smallest absolute Gasteiger partial charge is 0.338 e. The maximum atomic E-state index is 13.5. The summed E-state index contributed by atoms with van der Waals surface area (Å²) < 4.78 is 16.4. The minimum absolute atomic E-state index is 0.0358. The molecule has 180 valence electrons. The van der Waals surface area contributed by atoms with Gasteiger partial charge in [0.25, 0.3) is 5.91 Å². The number of methoxy groups -OCH3 is 1. The summed E-state index contributed by atoms with van der Waals surface area (Å²) in [6.07, 6.45) is 2.06. The number of aliphatic hydroxyl groups excluding tert-OH is 1. The molecule has 3 aliphatic heterocycles. The van der Waals surface area contributed by atoms with Crippen LogP contribution >= 0.6 is 0 Å². The molecule has 3 aliphatic rings. The maximum Gasteiger partial charge on any atom is 0.338 e.